The van der Waals surface area contributed by atoms with Crippen molar-refractivity contribution in [1.82, 2.24) is 4.90 Å². The number of amides is 1. The van der Waals surface area contributed by atoms with E-state index >= 15 is 0 Å². The van der Waals surface area contributed by atoms with Crippen LogP contribution in [0.2, 0.25) is 0 Å². The molecule has 158 valence electrons. The minimum absolute atomic E-state index is 0.0181. The van der Waals surface area contributed by atoms with Crippen molar-refractivity contribution >= 4 is 5.91 Å². The Labute approximate surface area is 176 Å². The molecule has 2 aliphatic rings. The standard InChI is InChI=1S/C21H16F3N5O2/c1-12(30)29-7-6-15-16(8-25)19(28)20(10-26,11-27)18(17(15)9-29)13-2-4-14(5-3-13)31-21(22,23)24/h2-6,17-18H,7,9,28H2,1H3/t17-,18-/m1/s1. The molecule has 1 aromatic rings. The number of fused-ring (bicyclic) bond motifs is 1. The van der Waals surface area contributed by atoms with Gasteiger partial charge in [-0.3, -0.25) is 4.79 Å². The Hall–Kier alpha value is -3.97. The van der Waals surface area contributed by atoms with E-state index in [-0.39, 0.29) is 30.3 Å². The number of nitrogens with zero attached hydrogens (tertiary/aromatic N) is 4. The van der Waals surface area contributed by atoms with Gasteiger partial charge in [-0.05, 0) is 23.3 Å². The van der Waals surface area contributed by atoms with Crippen molar-refractivity contribution in [3.63, 3.8) is 0 Å². The molecule has 0 saturated heterocycles. The predicted molar refractivity (Wildman–Crippen MR) is 100 cm³/mol. The van der Waals surface area contributed by atoms with Gasteiger partial charge in [0.2, 0.25) is 5.91 Å². The second-order valence-corrected chi connectivity index (χ2v) is 7.22. The Morgan fingerprint density at radius 2 is 1.84 bits per heavy atom. The second-order valence-electron chi connectivity index (χ2n) is 7.22. The first kappa shape index (κ1) is 21.7. The van der Waals surface area contributed by atoms with Crippen molar-refractivity contribution in [2.24, 2.45) is 17.1 Å². The molecular weight excluding hydrogens is 411 g/mol. The van der Waals surface area contributed by atoms with Crippen LogP contribution >= 0.6 is 0 Å². The summed E-state index contributed by atoms with van der Waals surface area (Å²) in [6, 6.07) is 10.6. The summed E-state index contributed by atoms with van der Waals surface area (Å²) in [4.78, 5) is 13.5. The van der Waals surface area contributed by atoms with E-state index in [1.807, 2.05) is 18.2 Å². The van der Waals surface area contributed by atoms with Crippen LogP contribution in [0.25, 0.3) is 0 Å². The van der Waals surface area contributed by atoms with E-state index in [4.69, 9.17) is 5.73 Å². The molecule has 7 nitrogen and oxygen atoms in total. The van der Waals surface area contributed by atoms with Gasteiger partial charge in [-0.2, -0.15) is 15.8 Å². The molecule has 0 aromatic heterocycles. The molecule has 10 heteroatoms. The van der Waals surface area contributed by atoms with Crippen LogP contribution in [0.15, 0.2) is 47.2 Å². The lowest BCUT2D eigenvalue weighted by Gasteiger charge is -2.45. The number of carbonyl (C=O) groups is 1. The fraction of sp³-hybridized carbons (Fsp3) is 0.333. The molecular formula is C21H16F3N5O2. The van der Waals surface area contributed by atoms with E-state index in [9.17, 15) is 33.8 Å². The third kappa shape index (κ3) is 3.67. The average molecular weight is 427 g/mol. The maximum atomic E-state index is 12.5. The number of nitriles is 3. The highest BCUT2D eigenvalue weighted by atomic mass is 19.4. The largest absolute Gasteiger partial charge is 0.573 e. The van der Waals surface area contributed by atoms with Crippen LogP contribution in [-0.2, 0) is 4.79 Å². The van der Waals surface area contributed by atoms with Crippen LogP contribution < -0.4 is 10.5 Å². The van der Waals surface area contributed by atoms with Crippen LogP contribution in [0.4, 0.5) is 13.2 Å². The Bertz CT molecular complexity index is 1090. The van der Waals surface area contributed by atoms with Gasteiger partial charge in [0, 0.05) is 31.8 Å². The van der Waals surface area contributed by atoms with E-state index < -0.39 is 29.4 Å². The molecule has 0 spiro atoms. The number of hydrogen-bond acceptors (Lipinski definition) is 6. The Balaban J connectivity index is 2.19. The van der Waals surface area contributed by atoms with Crippen molar-refractivity contribution in [3.05, 3.63) is 52.7 Å². The van der Waals surface area contributed by atoms with Crippen molar-refractivity contribution in [3.8, 4) is 24.0 Å². The minimum atomic E-state index is -4.87. The van der Waals surface area contributed by atoms with Gasteiger partial charge >= 0.3 is 6.36 Å². The lowest BCUT2D eigenvalue weighted by molar-refractivity contribution is -0.274. The molecule has 31 heavy (non-hydrogen) atoms. The smallest absolute Gasteiger partial charge is 0.406 e. The van der Waals surface area contributed by atoms with E-state index in [1.54, 1.807) is 6.08 Å². The van der Waals surface area contributed by atoms with E-state index in [2.05, 4.69) is 4.74 Å². The zero-order valence-corrected chi connectivity index (χ0v) is 16.3. The van der Waals surface area contributed by atoms with Gasteiger partial charge in [-0.15, -0.1) is 13.2 Å². The van der Waals surface area contributed by atoms with E-state index in [0.717, 1.165) is 12.1 Å². The number of halogens is 3. The number of nitrogens with two attached hydrogens (primary N) is 1. The number of allylic oxidation sites excluding steroid dienone is 2. The molecule has 1 heterocycles. The van der Waals surface area contributed by atoms with Gasteiger partial charge in [0.05, 0.1) is 23.4 Å². The summed E-state index contributed by atoms with van der Waals surface area (Å²) in [5.41, 5.74) is 4.89. The quantitative estimate of drug-likeness (QED) is 0.773. The minimum Gasteiger partial charge on any atom is -0.406 e. The highest BCUT2D eigenvalue weighted by Gasteiger charge is 2.54. The van der Waals surface area contributed by atoms with Gasteiger partial charge in [0.25, 0.3) is 0 Å². The Morgan fingerprint density at radius 3 is 2.32 bits per heavy atom. The van der Waals surface area contributed by atoms with Crippen molar-refractivity contribution in [2.45, 2.75) is 19.2 Å². The van der Waals surface area contributed by atoms with Crippen molar-refractivity contribution in [2.75, 3.05) is 13.1 Å². The second kappa shape index (κ2) is 7.70. The van der Waals surface area contributed by atoms with E-state index in [0.29, 0.717) is 11.1 Å². The van der Waals surface area contributed by atoms with Gasteiger partial charge in [0.1, 0.15) is 11.8 Å². The Kier molecular flexibility index (Phi) is 5.40. The first-order chi connectivity index (χ1) is 14.6. The van der Waals surface area contributed by atoms with E-state index in [1.165, 1.54) is 24.0 Å². The maximum absolute atomic E-state index is 12.5. The molecule has 0 bridgehead atoms. The monoisotopic (exact) mass is 427 g/mol. The zero-order valence-electron chi connectivity index (χ0n) is 16.3. The number of carbonyl (C=O) groups excluding carboxylic acids is 1. The normalized spacial score (nSPS) is 22.4. The third-order valence-electron chi connectivity index (χ3n) is 5.58. The molecule has 2 atom stereocenters. The molecule has 1 aliphatic carbocycles. The molecule has 0 saturated carbocycles. The fourth-order valence-electron chi connectivity index (χ4n) is 4.19. The Morgan fingerprint density at radius 1 is 1.23 bits per heavy atom. The molecule has 1 aromatic carbocycles. The van der Waals surface area contributed by atoms with Crippen LogP contribution in [0.3, 0.4) is 0 Å². The molecule has 0 fully saturated rings. The summed E-state index contributed by atoms with van der Waals surface area (Å²) in [5, 5.41) is 29.6. The van der Waals surface area contributed by atoms with Gasteiger partial charge < -0.3 is 15.4 Å². The van der Waals surface area contributed by atoms with Gasteiger partial charge in [-0.25, -0.2) is 0 Å². The summed E-state index contributed by atoms with van der Waals surface area (Å²) < 4.78 is 41.4. The van der Waals surface area contributed by atoms with Gasteiger partial charge in [0.15, 0.2) is 5.41 Å². The molecule has 1 aliphatic heterocycles. The summed E-state index contributed by atoms with van der Waals surface area (Å²) in [7, 11) is 0. The highest BCUT2D eigenvalue weighted by molar-refractivity contribution is 5.74. The summed E-state index contributed by atoms with van der Waals surface area (Å²) in [6.45, 7) is 1.73. The average Bonchev–Trinajstić information content (AvgIpc) is 2.72. The first-order valence-electron chi connectivity index (χ1n) is 9.12. The summed E-state index contributed by atoms with van der Waals surface area (Å²) >= 11 is 0. The van der Waals surface area contributed by atoms with Crippen LogP contribution in [0, 0.1) is 45.3 Å². The molecule has 1 amide bonds. The lowest BCUT2D eigenvalue weighted by Crippen LogP contribution is -2.48. The predicted octanol–water partition coefficient (Wildman–Crippen LogP) is 2.86. The molecule has 2 N–H and O–H groups in total. The number of rotatable bonds is 2. The molecule has 0 unspecified atom stereocenters. The first-order valence-corrected chi connectivity index (χ1v) is 9.12. The van der Waals surface area contributed by atoms with Gasteiger partial charge in [-0.1, -0.05) is 18.2 Å². The van der Waals surface area contributed by atoms with Crippen molar-refractivity contribution in [1.29, 1.82) is 15.8 Å². The topological polar surface area (TPSA) is 127 Å². The zero-order chi connectivity index (χ0) is 23.0. The summed E-state index contributed by atoms with van der Waals surface area (Å²) in [5.74, 6) is -2.25. The van der Waals surface area contributed by atoms with Crippen LogP contribution in [0.5, 0.6) is 5.75 Å². The van der Waals surface area contributed by atoms with Crippen LogP contribution in [-0.4, -0.2) is 30.3 Å². The van der Waals surface area contributed by atoms with Crippen LogP contribution in [0.1, 0.15) is 18.4 Å². The number of alkyl halides is 3. The highest BCUT2D eigenvalue weighted by Crippen LogP contribution is 2.54. The number of ether oxygens (including phenoxy) is 1. The van der Waals surface area contributed by atoms with Crippen molar-refractivity contribution < 1.29 is 22.7 Å². The SMILES string of the molecule is CC(=O)N1CC=C2C(C#N)=C(N)C(C#N)(C#N)[C@H](c3ccc(OC(F)(F)F)cc3)[C@@H]2C1. The molecule has 3 rings (SSSR count). The number of benzene rings is 1. The maximum Gasteiger partial charge on any atom is 0.573 e. The third-order valence-corrected chi connectivity index (χ3v) is 5.58. The lowest BCUT2D eigenvalue weighted by atomic mass is 9.58. The number of hydrogen-bond donors (Lipinski definition) is 1. The fourth-order valence-corrected chi connectivity index (χ4v) is 4.19. The summed E-state index contributed by atoms with van der Waals surface area (Å²) in [6.07, 6.45) is -3.21. The molecule has 0 radical (unpaired) electrons.